The van der Waals surface area contributed by atoms with Crippen LogP contribution in [0, 0.1) is 0 Å². The Hall–Kier alpha value is -0.220. The first kappa shape index (κ1) is 9.86. The summed E-state index contributed by atoms with van der Waals surface area (Å²) in [5.41, 5.74) is 0. The molecule has 0 radical (unpaired) electrons. The summed E-state index contributed by atoms with van der Waals surface area (Å²) < 4.78 is 4.88. The van der Waals surface area contributed by atoms with Gasteiger partial charge in [0.15, 0.2) is 0 Å². The number of rotatable bonds is 3. The summed E-state index contributed by atoms with van der Waals surface area (Å²) in [5, 5.41) is 3.28. The Morgan fingerprint density at radius 1 is 1.75 bits per heavy atom. The molecule has 70 valence electrons. The lowest BCUT2D eigenvalue weighted by Gasteiger charge is -2.21. The van der Waals surface area contributed by atoms with Crippen LogP contribution in [-0.4, -0.2) is 29.7 Å². The predicted octanol–water partition coefficient (Wildman–Crippen LogP) is 0.992. The van der Waals surface area contributed by atoms with Crippen molar-refractivity contribution in [1.82, 2.24) is 5.32 Å². The van der Waals surface area contributed by atoms with Crippen molar-refractivity contribution < 1.29 is 9.53 Å². The van der Waals surface area contributed by atoms with Crippen molar-refractivity contribution in [2.75, 3.05) is 18.9 Å². The summed E-state index contributed by atoms with van der Waals surface area (Å²) in [5.74, 6) is 0.970. The van der Waals surface area contributed by atoms with Crippen LogP contribution in [0.15, 0.2) is 0 Å². The third-order valence-electron chi connectivity index (χ3n) is 1.81. The summed E-state index contributed by atoms with van der Waals surface area (Å²) in [6.07, 6.45) is 0.464. The second kappa shape index (κ2) is 4.14. The molecule has 0 spiro atoms. The molecule has 1 atom stereocenters. The largest absolute Gasteiger partial charge is 0.466 e. The minimum absolute atomic E-state index is 0.0910. The Bertz CT molecular complexity index is 166. The molecule has 12 heavy (non-hydrogen) atoms. The third-order valence-corrected chi connectivity index (χ3v) is 3.14. The number of ether oxygens (including phenoxy) is 1. The Balaban J connectivity index is 2.33. The lowest BCUT2D eigenvalue weighted by atomic mass is 10.2. The zero-order valence-electron chi connectivity index (χ0n) is 7.55. The smallest absolute Gasteiger partial charge is 0.308 e. The lowest BCUT2D eigenvalue weighted by Crippen LogP contribution is -2.36. The van der Waals surface area contributed by atoms with Gasteiger partial charge in [0, 0.05) is 12.3 Å². The van der Waals surface area contributed by atoms with Crippen molar-refractivity contribution in [3.05, 3.63) is 0 Å². The van der Waals surface area contributed by atoms with Gasteiger partial charge in [0.05, 0.1) is 17.9 Å². The molecule has 1 fully saturated rings. The minimum Gasteiger partial charge on any atom is -0.466 e. The fourth-order valence-electron chi connectivity index (χ4n) is 1.24. The number of thioether (sulfide) groups is 1. The van der Waals surface area contributed by atoms with Crippen molar-refractivity contribution in [3.8, 4) is 0 Å². The highest BCUT2D eigenvalue weighted by atomic mass is 32.2. The van der Waals surface area contributed by atoms with Crippen LogP contribution in [0.25, 0.3) is 0 Å². The van der Waals surface area contributed by atoms with Gasteiger partial charge in [-0.2, -0.15) is 0 Å². The fourth-order valence-corrected chi connectivity index (χ4v) is 2.32. The van der Waals surface area contributed by atoms with E-state index in [1.54, 1.807) is 11.8 Å². The highest BCUT2D eigenvalue weighted by Crippen LogP contribution is 2.29. The van der Waals surface area contributed by atoms with E-state index >= 15 is 0 Å². The van der Waals surface area contributed by atoms with Gasteiger partial charge in [-0.05, 0) is 13.8 Å². The summed E-state index contributed by atoms with van der Waals surface area (Å²) >= 11 is 1.79. The second-order valence-electron chi connectivity index (χ2n) is 2.99. The van der Waals surface area contributed by atoms with Crippen molar-refractivity contribution in [1.29, 1.82) is 0 Å². The van der Waals surface area contributed by atoms with Gasteiger partial charge in [0.1, 0.15) is 0 Å². The molecule has 1 aliphatic heterocycles. The molecule has 3 nitrogen and oxygen atoms in total. The van der Waals surface area contributed by atoms with Gasteiger partial charge in [-0.15, -0.1) is 11.8 Å². The molecule has 0 aromatic carbocycles. The maximum Gasteiger partial charge on any atom is 0.308 e. The molecule has 1 N–H and O–H groups in total. The van der Waals surface area contributed by atoms with Gasteiger partial charge in [0.2, 0.25) is 0 Å². The average molecular weight is 189 g/mol. The molecule has 1 aliphatic rings. The SMILES string of the molecule is CCOC(=O)CC1(C)NCCS1. The molecule has 0 amide bonds. The van der Waals surface area contributed by atoms with Crippen LogP contribution in [0.1, 0.15) is 20.3 Å². The normalized spacial score (nSPS) is 28.8. The standard InChI is InChI=1S/C8H15NO2S/c1-3-11-7(10)6-8(2)9-4-5-12-8/h9H,3-6H2,1-2H3. The lowest BCUT2D eigenvalue weighted by molar-refractivity contribution is -0.143. The number of carbonyl (C=O) groups excluding carboxylic acids is 1. The molecule has 1 saturated heterocycles. The molecule has 1 unspecified atom stereocenters. The average Bonchev–Trinajstić information content (AvgIpc) is 2.36. The summed E-state index contributed by atoms with van der Waals surface area (Å²) in [4.78, 5) is 11.0. The monoisotopic (exact) mass is 189 g/mol. The van der Waals surface area contributed by atoms with E-state index < -0.39 is 0 Å². The molecule has 0 bridgehead atoms. The van der Waals surface area contributed by atoms with Crippen molar-refractivity contribution in [2.24, 2.45) is 0 Å². The van der Waals surface area contributed by atoms with Crippen LogP contribution in [0.5, 0.6) is 0 Å². The highest BCUT2D eigenvalue weighted by molar-refractivity contribution is 8.00. The van der Waals surface area contributed by atoms with Gasteiger partial charge in [-0.3, -0.25) is 4.79 Å². The van der Waals surface area contributed by atoms with Crippen LogP contribution in [0.2, 0.25) is 0 Å². The predicted molar refractivity (Wildman–Crippen MR) is 50.1 cm³/mol. The van der Waals surface area contributed by atoms with Crippen molar-refractivity contribution >= 4 is 17.7 Å². The first-order valence-corrected chi connectivity index (χ1v) is 5.19. The van der Waals surface area contributed by atoms with E-state index in [0.717, 1.165) is 12.3 Å². The molecule has 0 aromatic heterocycles. The maximum absolute atomic E-state index is 11.1. The summed E-state index contributed by atoms with van der Waals surface area (Å²) in [6, 6.07) is 0. The molecule has 1 heterocycles. The quantitative estimate of drug-likeness (QED) is 0.672. The number of carbonyl (C=O) groups is 1. The Morgan fingerprint density at radius 3 is 3.00 bits per heavy atom. The fraction of sp³-hybridized carbons (Fsp3) is 0.875. The van der Waals surface area contributed by atoms with E-state index in [-0.39, 0.29) is 10.8 Å². The number of hydrogen-bond acceptors (Lipinski definition) is 4. The zero-order valence-corrected chi connectivity index (χ0v) is 8.37. The first-order valence-electron chi connectivity index (χ1n) is 4.21. The van der Waals surface area contributed by atoms with Crippen LogP contribution >= 0.6 is 11.8 Å². The molecular weight excluding hydrogens is 174 g/mol. The van der Waals surface area contributed by atoms with Gasteiger partial charge < -0.3 is 10.1 Å². The summed E-state index contributed by atoms with van der Waals surface area (Å²) in [6.45, 7) is 5.33. The van der Waals surface area contributed by atoms with E-state index in [2.05, 4.69) is 5.32 Å². The molecular formula is C8H15NO2S. The van der Waals surface area contributed by atoms with Gasteiger partial charge in [-0.25, -0.2) is 0 Å². The first-order chi connectivity index (χ1) is 5.66. The van der Waals surface area contributed by atoms with Crippen molar-refractivity contribution in [2.45, 2.75) is 25.1 Å². The third kappa shape index (κ3) is 2.68. The zero-order chi connectivity index (χ0) is 9.03. The van der Waals surface area contributed by atoms with E-state index in [9.17, 15) is 4.79 Å². The molecule has 0 aromatic rings. The Kier molecular flexibility index (Phi) is 3.40. The van der Waals surface area contributed by atoms with E-state index in [0.29, 0.717) is 13.0 Å². The maximum atomic E-state index is 11.1. The Labute approximate surface area is 77.2 Å². The highest BCUT2D eigenvalue weighted by Gasteiger charge is 2.31. The minimum atomic E-state index is -0.109. The molecule has 1 rings (SSSR count). The van der Waals surface area contributed by atoms with Crippen LogP contribution in [0.4, 0.5) is 0 Å². The van der Waals surface area contributed by atoms with Crippen LogP contribution in [0.3, 0.4) is 0 Å². The molecule has 0 aliphatic carbocycles. The molecule has 0 saturated carbocycles. The number of esters is 1. The van der Waals surface area contributed by atoms with E-state index in [1.165, 1.54) is 0 Å². The second-order valence-corrected chi connectivity index (χ2v) is 4.59. The van der Waals surface area contributed by atoms with Crippen LogP contribution in [-0.2, 0) is 9.53 Å². The van der Waals surface area contributed by atoms with Gasteiger partial charge in [-0.1, -0.05) is 0 Å². The number of hydrogen-bond donors (Lipinski definition) is 1. The van der Waals surface area contributed by atoms with Crippen molar-refractivity contribution in [3.63, 3.8) is 0 Å². The Morgan fingerprint density at radius 2 is 2.50 bits per heavy atom. The number of nitrogens with one attached hydrogen (secondary N) is 1. The van der Waals surface area contributed by atoms with Gasteiger partial charge >= 0.3 is 5.97 Å². The molecule has 4 heteroatoms. The van der Waals surface area contributed by atoms with Gasteiger partial charge in [0.25, 0.3) is 0 Å². The topological polar surface area (TPSA) is 38.3 Å². The summed E-state index contributed by atoms with van der Waals surface area (Å²) in [7, 11) is 0. The van der Waals surface area contributed by atoms with E-state index in [4.69, 9.17) is 4.74 Å². The van der Waals surface area contributed by atoms with Crippen LogP contribution < -0.4 is 5.32 Å². The van der Waals surface area contributed by atoms with E-state index in [1.807, 2.05) is 13.8 Å².